The van der Waals surface area contributed by atoms with E-state index in [1.165, 1.54) is 28.3 Å². The Labute approximate surface area is 178 Å². The monoisotopic (exact) mass is 446 g/mol. The number of phenolic OH excluding ortho intramolecular Hbond substituents is 1. The highest BCUT2D eigenvalue weighted by Crippen LogP contribution is 2.31. The van der Waals surface area contributed by atoms with E-state index in [-0.39, 0.29) is 10.6 Å². The number of sulfonamides is 1. The first-order chi connectivity index (χ1) is 14.4. The molecule has 30 heavy (non-hydrogen) atoms. The fourth-order valence-corrected chi connectivity index (χ4v) is 5.84. The van der Waals surface area contributed by atoms with Crippen LogP contribution in [-0.2, 0) is 15.8 Å². The van der Waals surface area contributed by atoms with Crippen LogP contribution >= 0.6 is 11.8 Å². The zero-order valence-corrected chi connectivity index (χ0v) is 18.1. The number of fused-ring (bicyclic) bond motifs is 1. The topological polar surface area (TPSA) is 101 Å². The standard InChI is InChI=1S/C21H22N2O5S2/c1-14-18(24)7-6-17-15(11-20(25)28-21(14)17)13-29-19-8-5-16(12-22-19)30(26,27)23-9-3-2-4-10-23/h5-8,11-12,24H,2-4,9-10,13H2,1H3. The van der Waals surface area contributed by atoms with Crippen molar-refractivity contribution >= 4 is 32.8 Å². The van der Waals surface area contributed by atoms with Gasteiger partial charge in [-0.2, -0.15) is 4.31 Å². The van der Waals surface area contributed by atoms with E-state index in [1.807, 2.05) is 0 Å². The third kappa shape index (κ3) is 4.10. The zero-order valence-electron chi connectivity index (χ0n) is 16.5. The molecule has 4 rings (SSSR count). The third-order valence-corrected chi connectivity index (χ3v) is 8.13. The molecule has 2 aromatic heterocycles. The van der Waals surface area contributed by atoms with E-state index < -0.39 is 15.6 Å². The average molecular weight is 447 g/mol. The number of pyridine rings is 1. The fraction of sp³-hybridized carbons (Fsp3) is 0.333. The quantitative estimate of drug-likeness (QED) is 0.471. The van der Waals surface area contributed by atoms with Crippen LogP contribution in [0.2, 0.25) is 0 Å². The second-order valence-corrected chi connectivity index (χ2v) is 10.2. The van der Waals surface area contributed by atoms with Crippen molar-refractivity contribution in [1.82, 2.24) is 9.29 Å². The summed E-state index contributed by atoms with van der Waals surface area (Å²) in [4.78, 5) is 16.4. The molecular formula is C21H22N2O5S2. The SMILES string of the molecule is Cc1c(O)ccc2c(CSc3ccc(S(=O)(=O)N4CCCCC4)cn3)cc(=O)oc12. The van der Waals surface area contributed by atoms with E-state index in [2.05, 4.69) is 4.98 Å². The number of thioether (sulfide) groups is 1. The summed E-state index contributed by atoms with van der Waals surface area (Å²) in [7, 11) is -3.51. The van der Waals surface area contributed by atoms with Gasteiger partial charge in [-0.25, -0.2) is 18.2 Å². The van der Waals surface area contributed by atoms with E-state index in [0.29, 0.717) is 35.0 Å². The number of rotatable bonds is 5. The van der Waals surface area contributed by atoms with Crippen molar-refractivity contribution in [2.24, 2.45) is 0 Å². The normalized spacial score (nSPS) is 15.5. The second kappa shape index (κ2) is 8.41. The van der Waals surface area contributed by atoms with Crippen LogP contribution in [-0.4, -0.2) is 35.9 Å². The van der Waals surface area contributed by atoms with Gasteiger partial charge in [0.2, 0.25) is 10.0 Å². The Morgan fingerprint density at radius 1 is 1.17 bits per heavy atom. The predicted octanol–water partition coefficient (Wildman–Crippen LogP) is 3.67. The molecule has 1 aromatic carbocycles. The summed E-state index contributed by atoms with van der Waals surface area (Å²) in [5.41, 5.74) is 1.17. The molecule has 1 aliphatic heterocycles. The maximum Gasteiger partial charge on any atom is 0.336 e. The first-order valence-electron chi connectivity index (χ1n) is 9.70. The minimum atomic E-state index is -3.51. The number of benzene rings is 1. The number of hydrogen-bond acceptors (Lipinski definition) is 7. The van der Waals surface area contributed by atoms with Gasteiger partial charge in [0.05, 0.1) is 5.03 Å². The summed E-state index contributed by atoms with van der Waals surface area (Å²) in [6.45, 7) is 2.80. The number of piperidine rings is 1. The van der Waals surface area contributed by atoms with Gasteiger partial charge in [-0.05, 0) is 49.6 Å². The maximum absolute atomic E-state index is 12.7. The van der Waals surface area contributed by atoms with E-state index in [1.54, 1.807) is 31.2 Å². The molecule has 0 bridgehead atoms. The minimum absolute atomic E-state index is 0.0719. The molecule has 0 spiro atoms. The largest absolute Gasteiger partial charge is 0.508 e. The molecule has 1 fully saturated rings. The average Bonchev–Trinajstić information content (AvgIpc) is 2.76. The molecule has 7 nitrogen and oxygen atoms in total. The molecule has 0 radical (unpaired) electrons. The van der Waals surface area contributed by atoms with Crippen LogP contribution < -0.4 is 5.63 Å². The van der Waals surface area contributed by atoms with Crippen LogP contribution in [0.1, 0.15) is 30.4 Å². The summed E-state index contributed by atoms with van der Waals surface area (Å²) in [6, 6.07) is 7.99. The summed E-state index contributed by atoms with van der Waals surface area (Å²) >= 11 is 1.40. The predicted molar refractivity (Wildman–Crippen MR) is 115 cm³/mol. The Morgan fingerprint density at radius 2 is 1.93 bits per heavy atom. The molecule has 3 heterocycles. The van der Waals surface area contributed by atoms with Crippen molar-refractivity contribution in [2.45, 2.75) is 41.9 Å². The van der Waals surface area contributed by atoms with Crippen molar-refractivity contribution in [1.29, 1.82) is 0 Å². The lowest BCUT2D eigenvalue weighted by Crippen LogP contribution is -2.35. The van der Waals surface area contributed by atoms with E-state index in [9.17, 15) is 18.3 Å². The molecule has 1 N–H and O–H groups in total. The first kappa shape index (κ1) is 20.9. The molecule has 3 aromatic rings. The van der Waals surface area contributed by atoms with Gasteiger partial charge < -0.3 is 9.52 Å². The van der Waals surface area contributed by atoms with Crippen LogP contribution in [0.25, 0.3) is 11.0 Å². The molecule has 1 aliphatic rings. The van der Waals surface area contributed by atoms with E-state index >= 15 is 0 Å². The molecule has 0 atom stereocenters. The number of nitrogens with zero attached hydrogens (tertiary/aromatic N) is 2. The number of hydrogen-bond donors (Lipinski definition) is 1. The van der Waals surface area contributed by atoms with Gasteiger partial charge in [0.15, 0.2) is 0 Å². The Hall–Kier alpha value is -2.36. The third-order valence-electron chi connectivity index (χ3n) is 5.26. The molecule has 9 heteroatoms. The molecule has 0 amide bonds. The summed E-state index contributed by atoms with van der Waals surface area (Å²) in [5, 5.41) is 11.3. The van der Waals surface area contributed by atoms with Gasteiger partial charge >= 0.3 is 5.63 Å². The van der Waals surface area contributed by atoms with Crippen LogP contribution in [0, 0.1) is 6.92 Å². The Balaban J connectivity index is 1.54. The molecule has 158 valence electrons. The van der Waals surface area contributed by atoms with E-state index in [4.69, 9.17) is 4.42 Å². The number of aromatic hydroxyl groups is 1. The van der Waals surface area contributed by atoms with Crippen molar-refractivity contribution in [2.75, 3.05) is 13.1 Å². The lowest BCUT2D eigenvalue weighted by molar-refractivity contribution is 0.346. The van der Waals surface area contributed by atoms with Gasteiger partial charge in [0.1, 0.15) is 16.2 Å². The Bertz CT molecular complexity index is 1230. The van der Waals surface area contributed by atoms with Gasteiger partial charge in [0.25, 0.3) is 0 Å². The lowest BCUT2D eigenvalue weighted by Gasteiger charge is -2.25. The Kier molecular flexibility index (Phi) is 5.86. The van der Waals surface area contributed by atoms with Crippen LogP contribution in [0.15, 0.2) is 55.7 Å². The van der Waals surface area contributed by atoms with Crippen LogP contribution in [0.5, 0.6) is 5.75 Å². The van der Waals surface area contributed by atoms with Gasteiger partial charge in [-0.15, -0.1) is 11.8 Å². The van der Waals surface area contributed by atoms with E-state index in [0.717, 1.165) is 30.2 Å². The molecule has 1 saturated heterocycles. The summed E-state index contributed by atoms with van der Waals surface area (Å²) in [6.07, 6.45) is 4.23. The smallest absolute Gasteiger partial charge is 0.336 e. The van der Waals surface area contributed by atoms with Gasteiger partial charge in [-0.1, -0.05) is 6.42 Å². The highest BCUT2D eigenvalue weighted by molar-refractivity contribution is 7.98. The fourth-order valence-electron chi connectivity index (χ4n) is 3.55. The van der Waals surface area contributed by atoms with Crippen molar-refractivity contribution in [3.8, 4) is 5.75 Å². The Morgan fingerprint density at radius 3 is 2.63 bits per heavy atom. The highest BCUT2D eigenvalue weighted by atomic mass is 32.2. The van der Waals surface area contributed by atoms with Crippen molar-refractivity contribution in [3.63, 3.8) is 0 Å². The molecule has 0 unspecified atom stereocenters. The van der Waals surface area contributed by atoms with Crippen LogP contribution in [0.3, 0.4) is 0 Å². The van der Waals surface area contributed by atoms with Crippen molar-refractivity contribution < 1.29 is 17.9 Å². The van der Waals surface area contributed by atoms with Gasteiger partial charge in [-0.3, -0.25) is 0 Å². The maximum atomic E-state index is 12.7. The zero-order chi connectivity index (χ0) is 21.3. The highest BCUT2D eigenvalue weighted by Gasteiger charge is 2.26. The number of aromatic nitrogens is 1. The lowest BCUT2D eigenvalue weighted by atomic mass is 10.1. The van der Waals surface area contributed by atoms with Crippen molar-refractivity contribution in [3.05, 3.63) is 58.1 Å². The second-order valence-electron chi connectivity index (χ2n) is 7.26. The number of aryl methyl sites for hydroxylation is 1. The molecule has 0 saturated carbocycles. The first-order valence-corrected chi connectivity index (χ1v) is 12.1. The van der Waals surface area contributed by atoms with Gasteiger partial charge in [0, 0.05) is 42.1 Å². The summed E-state index contributed by atoms with van der Waals surface area (Å²) in [5.74, 6) is 0.528. The molecular weight excluding hydrogens is 424 g/mol. The van der Waals surface area contributed by atoms with Crippen LogP contribution in [0.4, 0.5) is 0 Å². The molecule has 0 aliphatic carbocycles. The number of phenols is 1. The summed E-state index contributed by atoms with van der Waals surface area (Å²) < 4.78 is 32.3. The minimum Gasteiger partial charge on any atom is -0.508 e.